The third kappa shape index (κ3) is 4.23. The maximum atomic E-state index is 11.3. The van der Waals surface area contributed by atoms with E-state index in [2.05, 4.69) is 0 Å². The molecule has 8 heteroatoms. The molecule has 2 rings (SSSR count). The molecule has 0 aromatic heterocycles. The Bertz CT molecular complexity index is 621. The lowest BCUT2D eigenvalue weighted by Gasteiger charge is -2.13. The first-order chi connectivity index (χ1) is 9.88. The normalized spacial score (nSPS) is 20.0. The molecule has 0 radical (unpaired) electrons. The van der Waals surface area contributed by atoms with Crippen LogP contribution in [0, 0.1) is 16.0 Å². The number of rotatable bonds is 4. The fourth-order valence-electron chi connectivity index (χ4n) is 2.55. The zero-order valence-electron chi connectivity index (χ0n) is 11.5. The van der Waals surface area contributed by atoms with E-state index in [1.165, 1.54) is 12.1 Å². The number of nitro benzene ring substituents is 1. The van der Waals surface area contributed by atoms with Gasteiger partial charge in [0, 0.05) is 24.8 Å². The van der Waals surface area contributed by atoms with Gasteiger partial charge in [0.15, 0.2) is 0 Å². The number of primary sulfonamides is 1. The van der Waals surface area contributed by atoms with E-state index >= 15 is 0 Å². The van der Waals surface area contributed by atoms with Crippen molar-refractivity contribution in [3.8, 4) is 0 Å². The van der Waals surface area contributed by atoms with Crippen molar-refractivity contribution in [3.63, 3.8) is 0 Å². The van der Waals surface area contributed by atoms with Crippen LogP contribution in [-0.2, 0) is 21.2 Å². The highest BCUT2D eigenvalue weighted by molar-refractivity contribution is 7.89. The third-order valence-electron chi connectivity index (χ3n) is 3.66. The molecule has 0 amide bonds. The van der Waals surface area contributed by atoms with E-state index in [1.807, 2.05) is 0 Å². The van der Waals surface area contributed by atoms with Crippen LogP contribution in [0.4, 0.5) is 5.69 Å². The molecule has 1 heterocycles. The van der Waals surface area contributed by atoms with Gasteiger partial charge in [-0.1, -0.05) is 6.07 Å². The maximum Gasteiger partial charge on any atom is 0.273 e. The molecule has 1 saturated heterocycles. The lowest BCUT2D eigenvalue weighted by molar-refractivity contribution is -0.385. The summed E-state index contributed by atoms with van der Waals surface area (Å²) in [5.74, 6) is 0.312. The quantitative estimate of drug-likeness (QED) is 0.670. The minimum atomic E-state index is -3.94. The van der Waals surface area contributed by atoms with Crippen molar-refractivity contribution in [2.75, 3.05) is 13.2 Å². The molecule has 0 bridgehead atoms. The molecule has 7 nitrogen and oxygen atoms in total. The van der Waals surface area contributed by atoms with Crippen LogP contribution in [0.1, 0.15) is 24.8 Å². The first-order valence-electron chi connectivity index (χ1n) is 6.76. The van der Waals surface area contributed by atoms with Crippen molar-refractivity contribution < 1.29 is 18.1 Å². The Balaban J connectivity index is 2.28. The average molecular weight is 314 g/mol. The fraction of sp³-hybridized carbons (Fsp3) is 0.538. The molecule has 0 spiro atoms. The SMILES string of the molecule is NS(=O)(=O)c1ccc(C[C@H]2CCCOCC2)c([N+](=O)[O-])c1. The minimum absolute atomic E-state index is 0.188. The Morgan fingerprint density at radius 2 is 2.10 bits per heavy atom. The number of nitro groups is 1. The Morgan fingerprint density at radius 3 is 2.76 bits per heavy atom. The van der Waals surface area contributed by atoms with E-state index in [1.54, 1.807) is 0 Å². The second-order valence-corrected chi connectivity index (χ2v) is 6.77. The van der Waals surface area contributed by atoms with E-state index in [4.69, 9.17) is 9.88 Å². The molecule has 0 saturated carbocycles. The van der Waals surface area contributed by atoms with Crippen molar-refractivity contribution in [2.45, 2.75) is 30.6 Å². The van der Waals surface area contributed by atoms with Crippen LogP contribution in [0.15, 0.2) is 23.1 Å². The first-order valence-corrected chi connectivity index (χ1v) is 8.30. The largest absolute Gasteiger partial charge is 0.381 e. The Labute approximate surface area is 123 Å². The summed E-state index contributed by atoms with van der Waals surface area (Å²) in [5.41, 5.74) is 0.353. The summed E-state index contributed by atoms with van der Waals surface area (Å²) in [7, 11) is -3.94. The fourth-order valence-corrected chi connectivity index (χ4v) is 3.08. The second kappa shape index (κ2) is 6.50. The van der Waals surface area contributed by atoms with Gasteiger partial charge in [0.25, 0.3) is 5.69 Å². The number of ether oxygens (including phenoxy) is 1. The van der Waals surface area contributed by atoms with Gasteiger partial charge >= 0.3 is 0 Å². The van der Waals surface area contributed by atoms with Gasteiger partial charge in [-0.25, -0.2) is 13.6 Å². The number of sulfonamides is 1. The lowest BCUT2D eigenvalue weighted by atomic mass is 9.92. The van der Waals surface area contributed by atoms with Crippen LogP contribution in [0.25, 0.3) is 0 Å². The van der Waals surface area contributed by atoms with Crippen molar-refractivity contribution in [1.29, 1.82) is 0 Å². The third-order valence-corrected chi connectivity index (χ3v) is 4.57. The lowest BCUT2D eigenvalue weighted by Crippen LogP contribution is -2.13. The van der Waals surface area contributed by atoms with Gasteiger partial charge in [-0.3, -0.25) is 10.1 Å². The summed E-state index contributed by atoms with van der Waals surface area (Å²) in [4.78, 5) is 10.4. The number of nitrogens with zero attached hydrogens (tertiary/aromatic N) is 1. The van der Waals surface area contributed by atoms with Crippen molar-refractivity contribution in [3.05, 3.63) is 33.9 Å². The average Bonchev–Trinajstić information content (AvgIpc) is 2.66. The molecule has 116 valence electrons. The number of nitrogens with two attached hydrogens (primary N) is 1. The molecule has 1 atom stereocenters. The maximum absolute atomic E-state index is 11.3. The minimum Gasteiger partial charge on any atom is -0.381 e. The summed E-state index contributed by atoms with van der Waals surface area (Å²) < 4.78 is 28.0. The molecule has 1 aromatic carbocycles. The monoisotopic (exact) mass is 314 g/mol. The van der Waals surface area contributed by atoms with Crippen LogP contribution in [-0.4, -0.2) is 26.6 Å². The van der Waals surface area contributed by atoms with Crippen LogP contribution in [0.5, 0.6) is 0 Å². The Kier molecular flexibility index (Phi) is 4.92. The van der Waals surface area contributed by atoms with Gasteiger partial charge < -0.3 is 4.74 Å². The van der Waals surface area contributed by atoms with E-state index in [9.17, 15) is 18.5 Å². The molecular weight excluding hydrogens is 296 g/mol. The van der Waals surface area contributed by atoms with E-state index in [0.717, 1.165) is 31.9 Å². The highest BCUT2D eigenvalue weighted by Gasteiger charge is 2.22. The molecular formula is C13H18N2O5S. The highest BCUT2D eigenvalue weighted by Crippen LogP contribution is 2.28. The van der Waals surface area contributed by atoms with Crippen molar-refractivity contribution in [1.82, 2.24) is 0 Å². The van der Waals surface area contributed by atoms with Gasteiger partial charge in [-0.2, -0.15) is 0 Å². The predicted octanol–water partition coefficient (Wildman–Crippen LogP) is 1.60. The van der Waals surface area contributed by atoms with Crippen LogP contribution in [0.2, 0.25) is 0 Å². The molecule has 1 fully saturated rings. The highest BCUT2D eigenvalue weighted by atomic mass is 32.2. The molecule has 2 N–H and O–H groups in total. The van der Waals surface area contributed by atoms with Crippen molar-refractivity contribution in [2.24, 2.45) is 11.1 Å². The van der Waals surface area contributed by atoms with Gasteiger partial charge in [-0.15, -0.1) is 0 Å². The van der Waals surface area contributed by atoms with Crippen LogP contribution < -0.4 is 5.14 Å². The standard InChI is InChI=1S/C13H18N2O5S/c14-21(18,19)12-4-3-11(13(9-12)15(16)17)8-10-2-1-6-20-7-5-10/h3-4,9-10H,1-2,5-8H2,(H2,14,18,19)/t10-/m0/s1. The second-order valence-electron chi connectivity index (χ2n) is 5.21. The van der Waals surface area contributed by atoms with E-state index in [0.29, 0.717) is 24.5 Å². The van der Waals surface area contributed by atoms with Gasteiger partial charge in [0.2, 0.25) is 10.0 Å². The summed E-state index contributed by atoms with van der Waals surface area (Å²) in [5, 5.41) is 16.2. The van der Waals surface area contributed by atoms with E-state index in [-0.39, 0.29) is 10.6 Å². The Morgan fingerprint density at radius 1 is 1.33 bits per heavy atom. The summed E-state index contributed by atoms with van der Waals surface area (Å²) in [6.45, 7) is 1.39. The molecule has 0 unspecified atom stereocenters. The van der Waals surface area contributed by atoms with Crippen LogP contribution >= 0.6 is 0 Å². The van der Waals surface area contributed by atoms with Gasteiger partial charge in [0.05, 0.1) is 9.82 Å². The Hall–Kier alpha value is -1.51. The summed E-state index contributed by atoms with van der Waals surface area (Å²) in [6.07, 6.45) is 3.29. The smallest absolute Gasteiger partial charge is 0.273 e. The van der Waals surface area contributed by atoms with Crippen molar-refractivity contribution >= 4 is 15.7 Å². The molecule has 1 aliphatic heterocycles. The van der Waals surface area contributed by atoms with Gasteiger partial charge in [0.1, 0.15) is 0 Å². The molecule has 1 aliphatic rings. The summed E-state index contributed by atoms with van der Waals surface area (Å²) in [6, 6.07) is 3.85. The molecule has 21 heavy (non-hydrogen) atoms. The predicted molar refractivity (Wildman–Crippen MR) is 76.3 cm³/mol. The molecule has 1 aromatic rings. The summed E-state index contributed by atoms with van der Waals surface area (Å²) >= 11 is 0. The first kappa shape index (κ1) is 15.9. The van der Waals surface area contributed by atoms with Gasteiger partial charge in [-0.05, 0) is 37.7 Å². The van der Waals surface area contributed by atoms with E-state index < -0.39 is 14.9 Å². The zero-order chi connectivity index (χ0) is 15.5. The number of hydrogen-bond donors (Lipinski definition) is 1. The number of benzene rings is 1. The van der Waals surface area contributed by atoms with Crippen LogP contribution in [0.3, 0.4) is 0 Å². The zero-order valence-corrected chi connectivity index (χ0v) is 12.3. The molecule has 0 aliphatic carbocycles. The topological polar surface area (TPSA) is 113 Å². The number of hydrogen-bond acceptors (Lipinski definition) is 5.